The van der Waals surface area contributed by atoms with E-state index in [9.17, 15) is 4.79 Å². The summed E-state index contributed by atoms with van der Waals surface area (Å²) in [4.78, 5) is 17.8. The Balaban J connectivity index is 2.08. The molecule has 0 bridgehead atoms. The highest BCUT2D eigenvalue weighted by molar-refractivity contribution is 5.73. The van der Waals surface area contributed by atoms with Gasteiger partial charge in [0.25, 0.3) is 0 Å². The molecule has 0 atom stereocenters. The lowest BCUT2D eigenvalue weighted by Gasteiger charge is -2.18. The van der Waals surface area contributed by atoms with E-state index in [2.05, 4.69) is 15.5 Å². The zero-order valence-corrected chi connectivity index (χ0v) is 13.0. The van der Waals surface area contributed by atoms with Gasteiger partial charge in [-0.3, -0.25) is 0 Å². The van der Waals surface area contributed by atoms with Crippen molar-refractivity contribution < 1.29 is 14.1 Å². The molecule has 0 unspecified atom stereocenters. The lowest BCUT2D eigenvalue weighted by molar-refractivity contribution is 0.190. The molecular weight excluding hydrogens is 284 g/mol. The first-order chi connectivity index (χ1) is 10.7. The first kappa shape index (κ1) is 15.8. The minimum atomic E-state index is -0.144. The normalized spacial score (nSPS) is 10.3. The number of urea groups is 1. The average molecular weight is 304 g/mol. The second-order valence-corrected chi connectivity index (χ2v) is 4.59. The van der Waals surface area contributed by atoms with Crippen LogP contribution in [0.5, 0.6) is 5.75 Å². The topological polar surface area (TPSA) is 80.5 Å². The fraction of sp³-hybridized carbons (Fsp3) is 0.400. The molecular formula is C15H20N4O3. The SMILES string of the molecule is CCNC(=O)N(CC)Cc1nc(-c2ccc(OC)cc2)no1. The number of benzene rings is 1. The molecule has 0 aliphatic carbocycles. The van der Waals surface area contributed by atoms with Crippen LogP contribution in [0.3, 0.4) is 0 Å². The summed E-state index contributed by atoms with van der Waals surface area (Å²) in [5.41, 5.74) is 0.830. The highest BCUT2D eigenvalue weighted by Gasteiger charge is 2.16. The van der Waals surface area contributed by atoms with E-state index in [1.807, 2.05) is 38.1 Å². The van der Waals surface area contributed by atoms with Gasteiger partial charge >= 0.3 is 6.03 Å². The van der Waals surface area contributed by atoms with Crippen LogP contribution in [0.15, 0.2) is 28.8 Å². The molecule has 0 aliphatic rings. The molecule has 0 radical (unpaired) electrons. The molecule has 2 amide bonds. The lowest BCUT2D eigenvalue weighted by atomic mass is 10.2. The summed E-state index contributed by atoms with van der Waals surface area (Å²) in [6.45, 7) is 5.20. The Morgan fingerprint density at radius 1 is 1.32 bits per heavy atom. The zero-order chi connectivity index (χ0) is 15.9. The second-order valence-electron chi connectivity index (χ2n) is 4.59. The molecule has 0 spiro atoms. The number of hydrogen-bond acceptors (Lipinski definition) is 5. The van der Waals surface area contributed by atoms with Gasteiger partial charge in [0.1, 0.15) is 12.3 Å². The third-order valence-electron chi connectivity index (χ3n) is 3.14. The van der Waals surface area contributed by atoms with Crippen molar-refractivity contribution in [3.05, 3.63) is 30.2 Å². The number of rotatable bonds is 6. The van der Waals surface area contributed by atoms with Crippen molar-refractivity contribution in [1.82, 2.24) is 20.4 Å². The van der Waals surface area contributed by atoms with Crippen LogP contribution in [0.2, 0.25) is 0 Å². The van der Waals surface area contributed by atoms with Crippen molar-refractivity contribution in [3.8, 4) is 17.1 Å². The molecule has 0 aliphatic heterocycles. The van der Waals surface area contributed by atoms with Gasteiger partial charge in [0.05, 0.1) is 7.11 Å². The predicted octanol–water partition coefficient (Wildman–Crippen LogP) is 2.30. The summed E-state index contributed by atoms with van der Waals surface area (Å²) in [5, 5.41) is 6.70. The number of ether oxygens (including phenoxy) is 1. The molecule has 0 fully saturated rings. The number of hydrogen-bond donors (Lipinski definition) is 1. The number of carbonyl (C=O) groups is 1. The molecule has 1 heterocycles. The Labute approximate surface area is 129 Å². The van der Waals surface area contributed by atoms with Crippen molar-refractivity contribution >= 4 is 6.03 Å². The van der Waals surface area contributed by atoms with Gasteiger partial charge in [0.15, 0.2) is 0 Å². The first-order valence-corrected chi connectivity index (χ1v) is 7.17. The summed E-state index contributed by atoms with van der Waals surface area (Å²) in [5.74, 6) is 1.66. The maximum atomic E-state index is 11.8. The summed E-state index contributed by atoms with van der Waals surface area (Å²) in [7, 11) is 1.61. The Bertz CT molecular complexity index is 610. The van der Waals surface area contributed by atoms with Crippen molar-refractivity contribution in [2.75, 3.05) is 20.2 Å². The van der Waals surface area contributed by atoms with Gasteiger partial charge in [-0.2, -0.15) is 4.98 Å². The lowest BCUT2D eigenvalue weighted by Crippen LogP contribution is -2.39. The van der Waals surface area contributed by atoms with Crippen LogP contribution in [-0.2, 0) is 6.54 Å². The second kappa shape index (κ2) is 7.44. The molecule has 1 aromatic carbocycles. The predicted molar refractivity (Wildman–Crippen MR) is 81.4 cm³/mol. The summed E-state index contributed by atoms with van der Waals surface area (Å²) in [6, 6.07) is 7.23. The first-order valence-electron chi connectivity index (χ1n) is 7.17. The third kappa shape index (κ3) is 3.75. The smallest absolute Gasteiger partial charge is 0.317 e. The average Bonchev–Trinajstić information content (AvgIpc) is 3.01. The molecule has 7 heteroatoms. The number of amides is 2. The largest absolute Gasteiger partial charge is 0.497 e. The molecule has 2 rings (SSSR count). The van der Waals surface area contributed by atoms with Crippen molar-refractivity contribution in [2.45, 2.75) is 20.4 Å². The van der Waals surface area contributed by atoms with Gasteiger partial charge in [0, 0.05) is 18.7 Å². The summed E-state index contributed by atoms with van der Waals surface area (Å²) >= 11 is 0. The molecule has 1 aromatic heterocycles. The number of nitrogens with one attached hydrogen (secondary N) is 1. The van der Waals surface area contributed by atoms with E-state index in [0.717, 1.165) is 11.3 Å². The maximum absolute atomic E-state index is 11.8. The number of methoxy groups -OCH3 is 1. The number of carbonyl (C=O) groups excluding carboxylic acids is 1. The monoisotopic (exact) mass is 304 g/mol. The van der Waals surface area contributed by atoms with Crippen LogP contribution in [0.25, 0.3) is 11.4 Å². The minimum Gasteiger partial charge on any atom is -0.497 e. The Morgan fingerprint density at radius 2 is 2.05 bits per heavy atom. The molecule has 118 valence electrons. The van der Waals surface area contributed by atoms with Crippen molar-refractivity contribution in [3.63, 3.8) is 0 Å². The minimum absolute atomic E-state index is 0.144. The molecule has 0 saturated carbocycles. The highest BCUT2D eigenvalue weighted by Crippen LogP contribution is 2.20. The fourth-order valence-corrected chi connectivity index (χ4v) is 1.93. The summed E-state index contributed by atoms with van der Waals surface area (Å²) in [6.07, 6.45) is 0. The van der Waals surface area contributed by atoms with E-state index >= 15 is 0 Å². The van der Waals surface area contributed by atoms with Gasteiger partial charge in [-0.25, -0.2) is 4.79 Å². The molecule has 1 N–H and O–H groups in total. The van der Waals surface area contributed by atoms with Crippen LogP contribution < -0.4 is 10.1 Å². The van der Waals surface area contributed by atoms with E-state index in [1.54, 1.807) is 12.0 Å². The van der Waals surface area contributed by atoms with Gasteiger partial charge in [-0.1, -0.05) is 5.16 Å². The molecule has 0 saturated heterocycles. The number of aromatic nitrogens is 2. The van der Waals surface area contributed by atoms with E-state index < -0.39 is 0 Å². The van der Waals surface area contributed by atoms with Crippen molar-refractivity contribution in [1.29, 1.82) is 0 Å². The molecule has 7 nitrogen and oxygen atoms in total. The standard InChI is InChI=1S/C15H20N4O3/c1-4-16-15(20)19(5-2)10-13-17-14(18-22-13)11-6-8-12(21-3)9-7-11/h6-9H,4-5,10H2,1-3H3,(H,16,20). The molecule has 2 aromatic rings. The Morgan fingerprint density at radius 3 is 2.64 bits per heavy atom. The van der Waals surface area contributed by atoms with Gasteiger partial charge in [-0.05, 0) is 38.1 Å². The Kier molecular flexibility index (Phi) is 5.35. The fourth-order valence-electron chi connectivity index (χ4n) is 1.93. The van der Waals surface area contributed by atoms with Crippen LogP contribution in [-0.4, -0.2) is 41.3 Å². The highest BCUT2D eigenvalue weighted by atomic mass is 16.5. The third-order valence-corrected chi connectivity index (χ3v) is 3.14. The van der Waals surface area contributed by atoms with Crippen molar-refractivity contribution in [2.24, 2.45) is 0 Å². The van der Waals surface area contributed by atoms with Gasteiger partial charge in [-0.15, -0.1) is 0 Å². The van der Waals surface area contributed by atoms with E-state index in [1.165, 1.54) is 0 Å². The Hall–Kier alpha value is -2.57. The summed E-state index contributed by atoms with van der Waals surface area (Å²) < 4.78 is 10.3. The van der Waals surface area contributed by atoms with Crippen LogP contribution >= 0.6 is 0 Å². The van der Waals surface area contributed by atoms with Crippen LogP contribution in [0.1, 0.15) is 19.7 Å². The maximum Gasteiger partial charge on any atom is 0.317 e. The molecule has 22 heavy (non-hydrogen) atoms. The van der Waals surface area contributed by atoms with Crippen LogP contribution in [0.4, 0.5) is 4.79 Å². The van der Waals surface area contributed by atoms with E-state index in [-0.39, 0.29) is 12.6 Å². The van der Waals surface area contributed by atoms with Gasteiger partial charge in [0.2, 0.25) is 11.7 Å². The van der Waals surface area contributed by atoms with Crippen LogP contribution in [0, 0.1) is 0 Å². The zero-order valence-electron chi connectivity index (χ0n) is 13.0. The number of nitrogens with zero attached hydrogens (tertiary/aromatic N) is 3. The van der Waals surface area contributed by atoms with E-state index in [0.29, 0.717) is 24.8 Å². The van der Waals surface area contributed by atoms with E-state index in [4.69, 9.17) is 9.26 Å². The quantitative estimate of drug-likeness (QED) is 0.885. The van der Waals surface area contributed by atoms with Gasteiger partial charge < -0.3 is 19.5 Å².